The highest BCUT2D eigenvalue weighted by Crippen LogP contribution is 2.31. The number of ether oxygens (including phenoxy) is 2. The lowest BCUT2D eigenvalue weighted by atomic mass is 9.83. The summed E-state index contributed by atoms with van der Waals surface area (Å²) in [6.07, 6.45) is -3.35. The second-order valence-electron chi connectivity index (χ2n) is 4.26. The minimum absolute atomic E-state index is 0.124. The van der Waals surface area contributed by atoms with Crippen molar-refractivity contribution in [3.8, 4) is 0 Å². The Morgan fingerprint density at radius 3 is 2.27 bits per heavy atom. The molecule has 3 unspecified atom stereocenters. The molecule has 0 spiro atoms. The van der Waals surface area contributed by atoms with Gasteiger partial charge in [0.25, 0.3) is 0 Å². The number of hydrogen-bond acceptors (Lipinski definition) is 5. The number of methoxy groups -OCH3 is 1. The molecular formula is C10H20O5. The van der Waals surface area contributed by atoms with E-state index in [9.17, 15) is 10.2 Å². The molecule has 1 aliphatic heterocycles. The molecule has 1 heterocycles. The van der Waals surface area contributed by atoms with Crippen molar-refractivity contribution in [2.75, 3.05) is 13.7 Å². The van der Waals surface area contributed by atoms with Gasteiger partial charge in [-0.25, -0.2) is 0 Å². The van der Waals surface area contributed by atoms with Crippen LogP contribution in [-0.4, -0.2) is 53.6 Å². The Labute approximate surface area is 89.6 Å². The first kappa shape index (κ1) is 12.9. The van der Waals surface area contributed by atoms with E-state index >= 15 is 0 Å². The fraction of sp³-hybridized carbons (Fsp3) is 1.00. The molecule has 1 fully saturated rings. The van der Waals surface area contributed by atoms with Crippen molar-refractivity contribution in [2.24, 2.45) is 11.8 Å². The summed E-state index contributed by atoms with van der Waals surface area (Å²) in [4.78, 5) is 0. The van der Waals surface area contributed by atoms with E-state index in [2.05, 4.69) is 0 Å². The molecule has 1 aliphatic rings. The van der Waals surface area contributed by atoms with Gasteiger partial charge in [-0.3, -0.25) is 0 Å². The molecule has 15 heavy (non-hydrogen) atoms. The maximum absolute atomic E-state index is 9.89. The summed E-state index contributed by atoms with van der Waals surface area (Å²) in [5.41, 5.74) is 0. The van der Waals surface area contributed by atoms with Crippen molar-refractivity contribution < 1.29 is 24.8 Å². The summed E-state index contributed by atoms with van der Waals surface area (Å²) in [5, 5.41) is 28.5. The standard InChI is InChI=1S/C10H20O5/c1-5(2)7-9(13)8(12)6(4-11)15-10(7)14-3/h5-13H,4H2,1-3H3/t6?,7?,8-,9?,10+/m1/s1. The van der Waals surface area contributed by atoms with Crippen LogP contribution in [0.25, 0.3) is 0 Å². The Bertz CT molecular complexity index is 194. The molecule has 1 rings (SSSR count). The van der Waals surface area contributed by atoms with Crippen LogP contribution in [0.1, 0.15) is 13.8 Å². The van der Waals surface area contributed by atoms with Crippen molar-refractivity contribution in [3.05, 3.63) is 0 Å². The quantitative estimate of drug-likeness (QED) is 0.588. The van der Waals surface area contributed by atoms with Crippen LogP contribution >= 0.6 is 0 Å². The van der Waals surface area contributed by atoms with Gasteiger partial charge in [-0.05, 0) is 5.92 Å². The summed E-state index contributed by atoms with van der Waals surface area (Å²) in [5.74, 6) is -0.160. The molecule has 0 aromatic heterocycles. The molecule has 0 bridgehead atoms. The average molecular weight is 220 g/mol. The Hall–Kier alpha value is -0.200. The van der Waals surface area contributed by atoms with Gasteiger partial charge in [0.1, 0.15) is 12.2 Å². The molecule has 5 heteroatoms. The molecule has 0 aromatic rings. The molecule has 90 valence electrons. The Kier molecular flexibility index (Phi) is 4.48. The predicted octanol–water partition coefficient (Wildman–Crippen LogP) is -0.656. The molecule has 5 atom stereocenters. The molecule has 3 N–H and O–H groups in total. The largest absolute Gasteiger partial charge is 0.394 e. The van der Waals surface area contributed by atoms with E-state index in [1.165, 1.54) is 7.11 Å². The molecular weight excluding hydrogens is 200 g/mol. The first-order chi connectivity index (χ1) is 7.02. The minimum atomic E-state index is -1.06. The van der Waals surface area contributed by atoms with Gasteiger partial charge in [-0.15, -0.1) is 0 Å². The smallest absolute Gasteiger partial charge is 0.163 e. The lowest BCUT2D eigenvalue weighted by Gasteiger charge is -2.43. The van der Waals surface area contributed by atoms with Gasteiger partial charge in [0.2, 0.25) is 0 Å². The van der Waals surface area contributed by atoms with Crippen LogP contribution in [-0.2, 0) is 9.47 Å². The molecule has 0 radical (unpaired) electrons. The summed E-state index contributed by atoms with van der Waals surface area (Å²) in [7, 11) is 1.49. The summed E-state index contributed by atoms with van der Waals surface area (Å²) in [6, 6.07) is 0. The monoisotopic (exact) mass is 220 g/mol. The number of rotatable bonds is 3. The van der Waals surface area contributed by atoms with Gasteiger partial charge in [0.15, 0.2) is 6.29 Å². The fourth-order valence-electron chi connectivity index (χ4n) is 2.02. The van der Waals surface area contributed by atoms with Gasteiger partial charge in [0, 0.05) is 13.0 Å². The third-order valence-corrected chi connectivity index (χ3v) is 2.93. The van der Waals surface area contributed by atoms with Crippen LogP contribution in [0.4, 0.5) is 0 Å². The number of aliphatic hydroxyl groups is 3. The highest BCUT2D eigenvalue weighted by Gasteiger charge is 2.45. The van der Waals surface area contributed by atoms with Crippen molar-refractivity contribution in [2.45, 2.75) is 38.4 Å². The topological polar surface area (TPSA) is 79.2 Å². The SMILES string of the molecule is CO[C@H]1OC(CO)[C@@H](O)C(O)C1C(C)C. The molecule has 1 saturated heterocycles. The first-order valence-corrected chi connectivity index (χ1v) is 5.18. The maximum Gasteiger partial charge on any atom is 0.163 e. The Morgan fingerprint density at radius 1 is 1.27 bits per heavy atom. The minimum Gasteiger partial charge on any atom is -0.394 e. The second-order valence-corrected chi connectivity index (χ2v) is 4.26. The molecule has 0 aromatic carbocycles. The van der Waals surface area contributed by atoms with Crippen LogP contribution in [0.3, 0.4) is 0 Å². The van der Waals surface area contributed by atoms with E-state index in [1.54, 1.807) is 0 Å². The average Bonchev–Trinajstić information content (AvgIpc) is 2.20. The molecule has 5 nitrogen and oxygen atoms in total. The Balaban J connectivity index is 2.79. The highest BCUT2D eigenvalue weighted by molar-refractivity contribution is 4.90. The first-order valence-electron chi connectivity index (χ1n) is 5.18. The number of aliphatic hydroxyl groups excluding tert-OH is 3. The van der Waals surface area contributed by atoms with Crippen LogP contribution in [0.2, 0.25) is 0 Å². The van der Waals surface area contributed by atoms with E-state index < -0.39 is 24.6 Å². The lowest BCUT2D eigenvalue weighted by molar-refractivity contribution is -0.285. The van der Waals surface area contributed by atoms with Crippen LogP contribution in [0.5, 0.6) is 0 Å². The zero-order valence-electron chi connectivity index (χ0n) is 9.33. The molecule has 0 amide bonds. The van der Waals surface area contributed by atoms with E-state index in [1.807, 2.05) is 13.8 Å². The third-order valence-electron chi connectivity index (χ3n) is 2.93. The van der Waals surface area contributed by atoms with Gasteiger partial charge in [-0.2, -0.15) is 0 Å². The van der Waals surface area contributed by atoms with Crippen molar-refractivity contribution in [1.82, 2.24) is 0 Å². The van der Waals surface area contributed by atoms with E-state index in [-0.39, 0.29) is 18.4 Å². The van der Waals surface area contributed by atoms with Gasteiger partial charge in [-0.1, -0.05) is 13.8 Å². The highest BCUT2D eigenvalue weighted by atomic mass is 16.7. The maximum atomic E-state index is 9.89. The fourth-order valence-corrected chi connectivity index (χ4v) is 2.02. The molecule has 0 aliphatic carbocycles. The van der Waals surface area contributed by atoms with Crippen LogP contribution in [0.15, 0.2) is 0 Å². The molecule has 0 saturated carbocycles. The normalized spacial score (nSPS) is 42.2. The predicted molar refractivity (Wildman–Crippen MR) is 53.1 cm³/mol. The van der Waals surface area contributed by atoms with Crippen molar-refractivity contribution >= 4 is 0 Å². The van der Waals surface area contributed by atoms with Gasteiger partial charge in [0.05, 0.1) is 12.7 Å². The summed E-state index contributed by atoms with van der Waals surface area (Å²) in [6.45, 7) is 3.52. The van der Waals surface area contributed by atoms with Gasteiger partial charge >= 0.3 is 0 Å². The lowest BCUT2D eigenvalue weighted by Crippen LogP contribution is -2.57. The van der Waals surface area contributed by atoms with E-state index in [0.29, 0.717) is 0 Å². The third kappa shape index (κ3) is 2.49. The Morgan fingerprint density at radius 2 is 1.87 bits per heavy atom. The number of hydrogen-bond donors (Lipinski definition) is 3. The van der Waals surface area contributed by atoms with E-state index in [4.69, 9.17) is 14.6 Å². The summed E-state index contributed by atoms with van der Waals surface area (Å²) < 4.78 is 10.5. The van der Waals surface area contributed by atoms with Crippen molar-refractivity contribution in [3.63, 3.8) is 0 Å². The van der Waals surface area contributed by atoms with Gasteiger partial charge < -0.3 is 24.8 Å². The zero-order chi connectivity index (χ0) is 11.6. The summed E-state index contributed by atoms with van der Waals surface area (Å²) >= 11 is 0. The van der Waals surface area contributed by atoms with Crippen LogP contribution in [0, 0.1) is 11.8 Å². The van der Waals surface area contributed by atoms with E-state index in [0.717, 1.165) is 0 Å². The van der Waals surface area contributed by atoms with Crippen LogP contribution < -0.4 is 0 Å². The second kappa shape index (κ2) is 5.23. The zero-order valence-corrected chi connectivity index (χ0v) is 9.33. The van der Waals surface area contributed by atoms with Crippen molar-refractivity contribution in [1.29, 1.82) is 0 Å².